The van der Waals surface area contributed by atoms with E-state index < -0.39 is 5.97 Å². The lowest BCUT2D eigenvalue weighted by Gasteiger charge is -2.09. The number of para-hydroxylation sites is 1. The molecule has 5 nitrogen and oxygen atoms in total. The Hall–Kier alpha value is -2.82. The number of hydrogen-bond donors (Lipinski definition) is 1. The molecule has 118 valence electrons. The van der Waals surface area contributed by atoms with Crippen molar-refractivity contribution in [1.29, 1.82) is 0 Å². The lowest BCUT2D eigenvalue weighted by atomic mass is 10.2. The van der Waals surface area contributed by atoms with Gasteiger partial charge in [0.1, 0.15) is 18.2 Å². The zero-order valence-corrected chi connectivity index (χ0v) is 12.9. The van der Waals surface area contributed by atoms with Gasteiger partial charge in [-0.25, -0.2) is 9.78 Å². The summed E-state index contributed by atoms with van der Waals surface area (Å²) in [6.45, 7) is 3.26. The summed E-state index contributed by atoms with van der Waals surface area (Å²) in [5.74, 6) is 0.640. The second-order valence-corrected chi connectivity index (χ2v) is 5.29. The number of hydrogen-bond acceptors (Lipinski definition) is 3. The van der Waals surface area contributed by atoms with Crippen LogP contribution in [0.5, 0.6) is 5.75 Å². The fourth-order valence-corrected chi connectivity index (χ4v) is 2.56. The third-order valence-electron chi connectivity index (χ3n) is 3.63. The molecule has 0 fully saturated rings. The number of nitrogens with zero attached hydrogens (tertiary/aromatic N) is 2. The fraction of sp³-hybridized carbons (Fsp3) is 0.222. The zero-order valence-electron chi connectivity index (χ0n) is 12.9. The van der Waals surface area contributed by atoms with Gasteiger partial charge in [0, 0.05) is 6.54 Å². The number of carboxylic acid groups (broad SMARTS) is 1. The molecule has 0 aliphatic rings. The van der Waals surface area contributed by atoms with Gasteiger partial charge in [-0.05, 0) is 36.8 Å². The van der Waals surface area contributed by atoms with E-state index in [4.69, 9.17) is 9.84 Å². The van der Waals surface area contributed by atoms with E-state index in [1.807, 2.05) is 36.4 Å². The van der Waals surface area contributed by atoms with Crippen LogP contribution in [-0.2, 0) is 13.2 Å². The van der Waals surface area contributed by atoms with Crippen LogP contribution in [0.15, 0.2) is 48.5 Å². The highest BCUT2D eigenvalue weighted by Gasteiger charge is 2.13. The number of carboxylic acids is 1. The maximum atomic E-state index is 11.1. The summed E-state index contributed by atoms with van der Waals surface area (Å²) in [4.78, 5) is 15.7. The number of ether oxygens (including phenoxy) is 1. The van der Waals surface area contributed by atoms with Crippen LogP contribution in [0.25, 0.3) is 11.0 Å². The highest BCUT2D eigenvalue weighted by molar-refractivity contribution is 5.92. The number of rotatable bonds is 6. The van der Waals surface area contributed by atoms with E-state index in [2.05, 4.69) is 16.5 Å². The first-order chi connectivity index (χ1) is 11.2. The summed E-state index contributed by atoms with van der Waals surface area (Å²) in [5, 5.41) is 9.12. The normalized spacial score (nSPS) is 10.8. The molecule has 0 spiro atoms. The van der Waals surface area contributed by atoms with Crippen LogP contribution < -0.4 is 4.74 Å². The van der Waals surface area contributed by atoms with Crippen LogP contribution in [0, 0.1) is 0 Å². The molecule has 3 aromatic rings. The molecule has 0 amide bonds. The number of benzene rings is 2. The van der Waals surface area contributed by atoms with Gasteiger partial charge in [0.05, 0.1) is 16.6 Å². The number of imidazole rings is 1. The molecule has 0 atom stereocenters. The summed E-state index contributed by atoms with van der Waals surface area (Å²) in [5.41, 5.74) is 1.86. The predicted octanol–water partition coefficient (Wildman–Crippen LogP) is 3.72. The molecule has 0 saturated heterocycles. The standard InChI is InChI=1S/C18H18N2O3/c1-2-10-20-16-9-8-13(18(21)22)11-15(16)19-17(20)12-23-14-6-4-3-5-7-14/h3-9,11H,2,10,12H2,1H3,(H,21,22). The van der Waals surface area contributed by atoms with Crippen molar-refractivity contribution in [3.63, 3.8) is 0 Å². The Labute approximate surface area is 134 Å². The Morgan fingerprint density at radius 1 is 1.22 bits per heavy atom. The van der Waals surface area contributed by atoms with Crippen LogP contribution >= 0.6 is 0 Å². The molecule has 1 aromatic heterocycles. The smallest absolute Gasteiger partial charge is 0.335 e. The van der Waals surface area contributed by atoms with E-state index in [-0.39, 0.29) is 5.56 Å². The number of aromatic nitrogens is 2. The van der Waals surface area contributed by atoms with Crippen LogP contribution in [-0.4, -0.2) is 20.6 Å². The van der Waals surface area contributed by atoms with Gasteiger partial charge in [-0.3, -0.25) is 0 Å². The van der Waals surface area contributed by atoms with Crippen molar-refractivity contribution in [2.75, 3.05) is 0 Å². The third-order valence-corrected chi connectivity index (χ3v) is 3.63. The lowest BCUT2D eigenvalue weighted by molar-refractivity contribution is 0.0697. The number of aryl methyl sites for hydroxylation is 1. The summed E-state index contributed by atoms with van der Waals surface area (Å²) in [7, 11) is 0. The van der Waals surface area contributed by atoms with Gasteiger partial charge in [-0.1, -0.05) is 25.1 Å². The Balaban J connectivity index is 1.94. The lowest BCUT2D eigenvalue weighted by Crippen LogP contribution is -2.07. The third kappa shape index (κ3) is 3.18. The Bertz CT molecular complexity index is 825. The van der Waals surface area contributed by atoms with E-state index in [9.17, 15) is 4.79 Å². The minimum atomic E-state index is -0.945. The van der Waals surface area contributed by atoms with Crippen molar-refractivity contribution in [1.82, 2.24) is 9.55 Å². The Kier molecular flexibility index (Phi) is 4.28. The highest BCUT2D eigenvalue weighted by Crippen LogP contribution is 2.20. The first kappa shape index (κ1) is 15.1. The van der Waals surface area contributed by atoms with Crippen LogP contribution in [0.1, 0.15) is 29.5 Å². The Morgan fingerprint density at radius 3 is 2.70 bits per heavy atom. The van der Waals surface area contributed by atoms with Crippen LogP contribution in [0.4, 0.5) is 0 Å². The molecule has 2 aromatic carbocycles. The van der Waals surface area contributed by atoms with E-state index in [0.717, 1.165) is 30.1 Å². The minimum absolute atomic E-state index is 0.245. The molecular formula is C18H18N2O3. The van der Waals surface area contributed by atoms with Gasteiger partial charge in [0.2, 0.25) is 0 Å². The highest BCUT2D eigenvalue weighted by atomic mass is 16.5. The molecule has 1 N–H and O–H groups in total. The molecule has 3 rings (SSSR count). The first-order valence-corrected chi connectivity index (χ1v) is 7.59. The SMILES string of the molecule is CCCn1c(COc2ccccc2)nc2cc(C(=O)O)ccc21. The molecule has 0 aliphatic heterocycles. The van der Waals surface area contributed by atoms with E-state index in [0.29, 0.717) is 12.1 Å². The van der Waals surface area contributed by atoms with Crippen LogP contribution in [0.2, 0.25) is 0 Å². The van der Waals surface area contributed by atoms with Crippen LogP contribution in [0.3, 0.4) is 0 Å². The number of carbonyl (C=O) groups is 1. The van der Waals surface area contributed by atoms with E-state index in [1.165, 1.54) is 0 Å². The van der Waals surface area contributed by atoms with Gasteiger partial charge in [-0.2, -0.15) is 0 Å². The maximum absolute atomic E-state index is 11.1. The second kappa shape index (κ2) is 6.52. The maximum Gasteiger partial charge on any atom is 0.335 e. The van der Waals surface area contributed by atoms with Crippen molar-refractivity contribution in [2.45, 2.75) is 26.5 Å². The summed E-state index contributed by atoms with van der Waals surface area (Å²) in [6.07, 6.45) is 0.963. The summed E-state index contributed by atoms with van der Waals surface area (Å²) in [6, 6.07) is 14.6. The van der Waals surface area contributed by atoms with Crippen molar-refractivity contribution >= 4 is 17.0 Å². The molecule has 0 bridgehead atoms. The molecule has 1 heterocycles. The van der Waals surface area contributed by atoms with Gasteiger partial charge < -0.3 is 14.4 Å². The van der Waals surface area contributed by atoms with Gasteiger partial charge in [0.25, 0.3) is 0 Å². The van der Waals surface area contributed by atoms with Crippen molar-refractivity contribution in [3.05, 3.63) is 59.9 Å². The molecular weight excluding hydrogens is 292 g/mol. The molecule has 0 radical (unpaired) electrons. The zero-order chi connectivity index (χ0) is 16.2. The average Bonchev–Trinajstić information content (AvgIpc) is 2.91. The molecule has 0 unspecified atom stereocenters. The topological polar surface area (TPSA) is 64.4 Å². The summed E-state index contributed by atoms with van der Waals surface area (Å²) >= 11 is 0. The largest absolute Gasteiger partial charge is 0.486 e. The van der Waals surface area contributed by atoms with E-state index >= 15 is 0 Å². The van der Waals surface area contributed by atoms with Crippen molar-refractivity contribution in [2.24, 2.45) is 0 Å². The van der Waals surface area contributed by atoms with E-state index in [1.54, 1.807) is 12.1 Å². The van der Waals surface area contributed by atoms with Gasteiger partial charge in [0.15, 0.2) is 0 Å². The van der Waals surface area contributed by atoms with Gasteiger partial charge in [-0.15, -0.1) is 0 Å². The number of fused-ring (bicyclic) bond motifs is 1. The molecule has 23 heavy (non-hydrogen) atoms. The van der Waals surface area contributed by atoms with Gasteiger partial charge >= 0.3 is 5.97 Å². The number of aromatic carboxylic acids is 1. The van der Waals surface area contributed by atoms with Crippen molar-refractivity contribution in [3.8, 4) is 5.75 Å². The summed E-state index contributed by atoms with van der Waals surface area (Å²) < 4.78 is 7.87. The minimum Gasteiger partial charge on any atom is -0.486 e. The average molecular weight is 310 g/mol. The fourth-order valence-electron chi connectivity index (χ4n) is 2.56. The quantitative estimate of drug-likeness (QED) is 0.753. The predicted molar refractivity (Wildman–Crippen MR) is 87.8 cm³/mol. The molecule has 0 saturated carbocycles. The second-order valence-electron chi connectivity index (χ2n) is 5.29. The molecule has 0 aliphatic carbocycles. The first-order valence-electron chi connectivity index (χ1n) is 7.59. The monoisotopic (exact) mass is 310 g/mol. The molecule has 5 heteroatoms. The van der Waals surface area contributed by atoms with Crippen molar-refractivity contribution < 1.29 is 14.6 Å². The Morgan fingerprint density at radius 2 is 2.00 bits per heavy atom.